The normalized spacial score (nSPS) is 13.3. The molecule has 0 aromatic carbocycles. The van der Waals surface area contributed by atoms with Gasteiger partial charge in [0.2, 0.25) is 0 Å². The summed E-state index contributed by atoms with van der Waals surface area (Å²) in [6.45, 7) is 0.421. The number of carbonyl (C=O) groups is 1. The van der Waals surface area contributed by atoms with E-state index in [2.05, 4.69) is 5.32 Å². The van der Waals surface area contributed by atoms with Gasteiger partial charge in [0.05, 0.1) is 6.20 Å². The molecule has 1 aliphatic heterocycles. The van der Waals surface area contributed by atoms with Crippen molar-refractivity contribution in [2.75, 3.05) is 11.9 Å². The molecule has 0 amide bonds. The average Bonchev–Trinajstić information content (AvgIpc) is 2.34. The molecule has 0 saturated heterocycles. The van der Waals surface area contributed by atoms with Gasteiger partial charge in [0.25, 0.3) is 5.82 Å². The van der Waals surface area contributed by atoms with Crippen molar-refractivity contribution < 1.29 is 21.8 Å². The molecule has 1 aliphatic rings. The maximum Gasteiger partial charge on any atom is 0.355 e. The molecule has 3 nitrogen and oxygen atoms in total. The number of rotatable bonds is 0. The smallest absolute Gasteiger partial charge is 0.355 e. The van der Waals surface area contributed by atoms with Crippen LogP contribution in [0.2, 0.25) is 0 Å². The van der Waals surface area contributed by atoms with Gasteiger partial charge in [-0.15, -0.1) is 0 Å². The molecule has 0 fully saturated rings. The van der Waals surface area contributed by atoms with Crippen molar-refractivity contribution >= 4 is 11.7 Å². The van der Waals surface area contributed by atoms with Crippen molar-refractivity contribution in [3.63, 3.8) is 0 Å². The Morgan fingerprint density at radius 1 is 1.45 bits per heavy atom. The third kappa shape index (κ3) is 1.19. The highest BCUT2D eigenvalue weighted by Crippen LogP contribution is 2.01. The Labute approximate surface area is 70.4 Å². The van der Waals surface area contributed by atoms with E-state index in [0.717, 1.165) is 5.82 Å². The molecule has 58 valence electrons. The first-order valence-corrected chi connectivity index (χ1v) is 3.16. The van der Waals surface area contributed by atoms with Gasteiger partial charge in [0, 0.05) is 6.07 Å². The van der Waals surface area contributed by atoms with Gasteiger partial charge >= 0.3 is 5.91 Å². The Kier molecular flexibility index (Phi) is 2.10. The van der Waals surface area contributed by atoms with Crippen molar-refractivity contribution in [1.82, 2.24) is 0 Å². The number of hydrogen-bond acceptors (Lipinski definition) is 2. The van der Waals surface area contributed by atoms with Crippen LogP contribution in [-0.2, 0) is 0 Å². The zero-order valence-electron chi connectivity index (χ0n) is 5.75. The predicted octanol–water partition coefficient (Wildman–Crippen LogP) is -2.96. The van der Waals surface area contributed by atoms with Gasteiger partial charge in [0.15, 0.2) is 6.54 Å². The zero-order valence-corrected chi connectivity index (χ0v) is 6.51. The predicted molar refractivity (Wildman–Crippen MR) is 35.8 cm³/mol. The molecule has 1 N–H and O–H groups in total. The highest BCUT2D eigenvalue weighted by molar-refractivity contribution is 5.76. The van der Waals surface area contributed by atoms with Crippen LogP contribution in [0.15, 0.2) is 24.4 Å². The lowest BCUT2D eigenvalue weighted by Crippen LogP contribution is -3.00. The van der Waals surface area contributed by atoms with E-state index in [-0.39, 0.29) is 18.3 Å². The second-order valence-corrected chi connectivity index (χ2v) is 2.20. The third-order valence-electron chi connectivity index (χ3n) is 1.55. The number of carbonyl (C=O) groups excluding carboxylic acids is 1. The fraction of sp³-hybridized carbons (Fsp3) is 0.143. The Morgan fingerprint density at radius 3 is 3.00 bits per heavy atom. The number of hydrogen-bond donors (Lipinski definition) is 1. The molecule has 0 saturated carbocycles. The topological polar surface area (TPSA) is 33.0 Å². The second-order valence-electron chi connectivity index (χ2n) is 2.20. The van der Waals surface area contributed by atoms with E-state index in [1.54, 1.807) is 10.8 Å². The summed E-state index contributed by atoms with van der Waals surface area (Å²) in [5, 5.41) is 2.96. The quantitative estimate of drug-likeness (QED) is 0.423. The van der Waals surface area contributed by atoms with Crippen molar-refractivity contribution in [2.45, 2.75) is 0 Å². The third-order valence-corrected chi connectivity index (χ3v) is 1.55. The fourth-order valence-electron chi connectivity index (χ4n) is 1.06. The van der Waals surface area contributed by atoms with Gasteiger partial charge in [-0.1, -0.05) is 6.07 Å². The molecule has 0 spiro atoms. The summed E-state index contributed by atoms with van der Waals surface area (Å²) >= 11 is 0. The molecule has 1 aromatic heterocycles. The molecular formula is C7H7ClN2O. The summed E-state index contributed by atoms with van der Waals surface area (Å²) in [7, 11) is 0. The lowest BCUT2D eigenvalue weighted by atomic mass is 10.4. The van der Waals surface area contributed by atoms with E-state index in [1.165, 1.54) is 0 Å². The molecule has 0 bridgehead atoms. The SMILES string of the molecule is O=C1CNc2cccc[n+]21.[Cl-]. The monoisotopic (exact) mass is 170 g/mol. The molecule has 0 unspecified atom stereocenters. The number of fused-ring (bicyclic) bond motifs is 1. The second kappa shape index (κ2) is 2.88. The average molecular weight is 171 g/mol. The molecule has 2 heterocycles. The minimum atomic E-state index is 0. The number of nitrogens with one attached hydrogen (secondary N) is 1. The first-order chi connectivity index (χ1) is 4.88. The highest BCUT2D eigenvalue weighted by Gasteiger charge is 2.24. The maximum absolute atomic E-state index is 11.0. The molecule has 0 radical (unpaired) electrons. The van der Waals surface area contributed by atoms with Crippen LogP contribution in [0.25, 0.3) is 0 Å². The summed E-state index contributed by atoms with van der Waals surface area (Å²) < 4.78 is 1.61. The number of pyridine rings is 1. The van der Waals surface area contributed by atoms with Gasteiger partial charge in [-0.05, 0) is 6.07 Å². The van der Waals surface area contributed by atoms with Crippen LogP contribution >= 0.6 is 0 Å². The number of aromatic nitrogens is 1. The maximum atomic E-state index is 11.0. The van der Waals surface area contributed by atoms with Crippen LogP contribution in [0.3, 0.4) is 0 Å². The molecule has 11 heavy (non-hydrogen) atoms. The van der Waals surface area contributed by atoms with Crippen LogP contribution < -0.4 is 22.3 Å². The highest BCUT2D eigenvalue weighted by atomic mass is 35.5. The molecular weight excluding hydrogens is 164 g/mol. The van der Waals surface area contributed by atoms with Crippen molar-refractivity contribution in [2.24, 2.45) is 0 Å². The van der Waals surface area contributed by atoms with E-state index in [4.69, 9.17) is 0 Å². The van der Waals surface area contributed by atoms with Crippen LogP contribution in [-0.4, -0.2) is 12.5 Å². The first kappa shape index (κ1) is 8.01. The van der Waals surface area contributed by atoms with E-state index in [0.29, 0.717) is 6.54 Å². The molecule has 0 atom stereocenters. The molecule has 1 aromatic rings. The van der Waals surface area contributed by atoms with Crippen molar-refractivity contribution in [3.05, 3.63) is 24.4 Å². The van der Waals surface area contributed by atoms with Crippen LogP contribution in [0, 0.1) is 0 Å². The number of nitrogens with zero attached hydrogens (tertiary/aromatic N) is 1. The minimum Gasteiger partial charge on any atom is -1.00 e. The van der Waals surface area contributed by atoms with Gasteiger partial charge in [-0.25, -0.2) is 4.79 Å². The van der Waals surface area contributed by atoms with Gasteiger partial charge in [0.1, 0.15) is 0 Å². The van der Waals surface area contributed by atoms with Gasteiger partial charge in [-0.3, -0.25) is 5.32 Å². The molecule has 0 aliphatic carbocycles. The Hall–Kier alpha value is -1.09. The first-order valence-electron chi connectivity index (χ1n) is 3.16. The lowest BCUT2D eigenvalue weighted by Gasteiger charge is -1.87. The van der Waals surface area contributed by atoms with E-state index in [9.17, 15) is 4.79 Å². The summed E-state index contributed by atoms with van der Waals surface area (Å²) in [6.07, 6.45) is 1.76. The Bertz CT molecular complexity index is 288. The Morgan fingerprint density at radius 2 is 2.27 bits per heavy atom. The van der Waals surface area contributed by atoms with Crippen LogP contribution in [0.1, 0.15) is 4.79 Å². The van der Waals surface area contributed by atoms with Gasteiger partial charge in [-0.2, -0.15) is 4.57 Å². The Balaban J connectivity index is 0.000000605. The van der Waals surface area contributed by atoms with Crippen LogP contribution in [0.4, 0.5) is 5.82 Å². The van der Waals surface area contributed by atoms with Gasteiger partial charge < -0.3 is 12.4 Å². The summed E-state index contributed by atoms with van der Waals surface area (Å²) in [4.78, 5) is 11.0. The summed E-state index contributed by atoms with van der Waals surface area (Å²) in [5.41, 5.74) is 0. The minimum absolute atomic E-state index is 0. The lowest BCUT2D eigenvalue weighted by molar-refractivity contribution is -0.551. The summed E-state index contributed by atoms with van der Waals surface area (Å²) in [6, 6.07) is 5.62. The molecule has 2 rings (SSSR count). The standard InChI is InChI=1S/C7H6N2O.ClH/c10-7-5-8-6-3-1-2-4-9(6)7;/h1-4H,5H2;1H. The number of anilines is 1. The zero-order chi connectivity index (χ0) is 6.97. The number of halogens is 1. The molecule has 4 heteroatoms. The van der Waals surface area contributed by atoms with Crippen LogP contribution in [0.5, 0.6) is 0 Å². The van der Waals surface area contributed by atoms with Crippen molar-refractivity contribution in [1.29, 1.82) is 0 Å². The largest absolute Gasteiger partial charge is 1.00 e. The van der Waals surface area contributed by atoms with E-state index < -0.39 is 0 Å². The fourth-order valence-corrected chi connectivity index (χ4v) is 1.06. The van der Waals surface area contributed by atoms with E-state index in [1.807, 2.05) is 18.2 Å². The summed E-state index contributed by atoms with van der Waals surface area (Å²) in [5.74, 6) is 0.989. The van der Waals surface area contributed by atoms with E-state index >= 15 is 0 Å². The van der Waals surface area contributed by atoms with Crippen molar-refractivity contribution in [3.8, 4) is 0 Å².